The van der Waals surface area contributed by atoms with Crippen molar-refractivity contribution in [3.8, 4) is 0 Å². The highest BCUT2D eigenvalue weighted by atomic mass is 32.2. The average Bonchev–Trinajstić information content (AvgIpc) is 2.60. The van der Waals surface area contributed by atoms with Gasteiger partial charge in [0.25, 0.3) is 0 Å². The van der Waals surface area contributed by atoms with E-state index in [0.29, 0.717) is 44.6 Å². The summed E-state index contributed by atoms with van der Waals surface area (Å²) in [6.45, 7) is 4.64. The van der Waals surface area contributed by atoms with Gasteiger partial charge in [0.15, 0.2) is 0 Å². The summed E-state index contributed by atoms with van der Waals surface area (Å²) in [6.07, 6.45) is 1.33. The molecule has 0 bridgehead atoms. The van der Waals surface area contributed by atoms with Crippen LogP contribution in [0, 0.1) is 5.82 Å². The van der Waals surface area contributed by atoms with Crippen LogP contribution in [0.2, 0.25) is 0 Å². The minimum atomic E-state index is -3.14. The Bertz CT molecular complexity index is 629. The van der Waals surface area contributed by atoms with E-state index < -0.39 is 10.0 Å². The van der Waals surface area contributed by atoms with Gasteiger partial charge in [-0.25, -0.2) is 17.1 Å². The summed E-state index contributed by atoms with van der Waals surface area (Å²) in [6, 6.07) is 5.21. The molecule has 1 heterocycles. The second-order valence-corrected chi connectivity index (χ2v) is 8.36. The fourth-order valence-electron chi connectivity index (χ4n) is 3.05. The van der Waals surface area contributed by atoms with E-state index in [0.717, 1.165) is 12.1 Å². The third-order valence-corrected chi connectivity index (χ3v) is 6.41. The molecule has 0 atom stereocenters. The molecule has 0 radical (unpaired) electrons. The van der Waals surface area contributed by atoms with Crippen LogP contribution >= 0.6 is 0 Å². The minimum Gasteiger partial charge on any atom is -0.383 e. The van der Waals surface area contributed by atoms with Crippen molar-refractivity contribution in [1.82, 2.24) is 9.62 Å². The van der Waals surface area contributed by atoms with Crippen molar-refractivity contribution >= 4 is 10.0 Å². The topological polar surface area (TPSA) is 58.6 Å². The molecule has 0 saturated carbocycles. The number of benzene rings is 1. The number of hydrogen-bond acceptors (Lipinski definition) is 4. The number of hydrogen-bond donors (Lipinski definition) is 1. The van der Waals surface area contributed by atoms with Crippen LogP contribution in [0.3, 0.4) is 0 Å². The van der Waals surface area contributed by atoms with Gasteiger partial charge in [-0.05, 0) is 42.9 Å². The van der Waals surface area contributed by atoms with Gasteiger partial charge >= 0.3 is 0 Å². The molecule has 136 valence electrons. The Hall–Kier alpha value is -1.02. The lowest BCUT2D eigenvalue weighted by Gasteiger charge is -2.31. The molecule has 0 aliphatic carbocycles. The predicted octanol–water partition coefficient (Wildman–Crippen LogP) is 2.09. The van der Waals surface area contributed by atoms with Crippen LogP contribution in [0.25, 0.3) is 0 Å². The predicted molar refractivity (Wildman–Crippen MR) is 93.0 cm³/mol. The number of piperidine rings is 1. The second kappa shape index (κ2) is 8.89. The molecule has 1 aromatic carbocycles. The quantitative estimate of drug-likeness (QED) is 0.723. The van der Waals surface area contributed by atoms with E-state index >= 15 is 0 Å². The van der Waals surface area contributed by atoms with E-state index in [9.17, 15) is 12.8 Å². The average molecular weight is 358 g/mol. The SMILES string of the molecule is CCS(=O)(=O)N1CCC(c2cc(CNCCOC)ccc2F)CC1. The van der Waals surface area contributed by atoms with E-state index in [1.165, 1.54) is 10.4 Å². The summed E-state index contributed by atoms with van der Waals surface area (Å²) in [4.78, 5) is 0. The number of sulfonamides is 1. The van der Waals surface area contributed by atoms with Gasteiger partial charge in [0.05, 0.1) is 12.4 Å². The molecule has 0 aromatic heterocycles. The Labute approximate surface area is 144 Å². The van der Waals surface area contributed by atoms with E-state index in [4.69, 9.17) is 4.74 Å². The highest BCUT2D eigenvalue weighted by Gasteiger charge is 2.28. The molecule has 0 unspecified atom stereocenters. The van der Waals surface area contributed by atoms with Crippen LogP contribution < -0.4 is 5.32 Å². The van der Waals surface area contributed by atoms with Crippen molar-refractivity contribution in [3.63, 3.8) is 0 Å². The first-order valence-electron chi connectivity index (χ1n) is 8.43. The molecular weight excluding hydrogens is 331 g/mol. The van der Waals surface area contributed by atoms with Crippen LogP contribution in [-0.4, -0.2) is 51.8 Å². The maximum absolute atomic E-state index is 14.2. The summed E-state index contributed by atoms with van der Waals surface area (Å²) in [5, 5.41) is 3.25. The molecule has 2 rings (SSSR count). The Morgan fingerprint density at radius 2 is 2.04 bits per heavy atom. The zero-order chi connectivity index (χ0) is 17.6. The van der Waals surface area contributed by atoms with Gasteiger partial charge in [-0.3, -0.25) is 0 Å². The number of methoxy groups -OCH3 is 1. The number of nitrogens with zero attached hydrogens (tertiary/aromatic N) is 1. The van der Waals surface area contributed by atoms with E-state index in [1.807, 2.05) is 6.07 Å². The molecule has 1 fully saturated rings. The van der Waals surface area contributed by atoms with Gasteiger partial charge in [0.2, 0.25) is 10.0 Å². The van der Waals surface area contributed by atoms with Crippen molar-refractivity contribution < 1.29 is 17.5 Å². The zero-order valence-electron chi connectivity index (χ0n) is 14.4. The van der Waals surface area contributed by atoms with Crippen molar-refractivity contribution in [1.29, 1.82) is 0 Å². The normalized spacial score (nSPS) is 17.3. The third-order valence-electron chi connectivity index (χ3n) is 4.52. The van der Waals surface area contributed by atoms with Crippen LogP contribution in [0.1, 0.15) is 36.8 Å². The summed E-state index contributed by atoms with van der Waals surface area (Å²) < 4.78 is 44.6. The van der Waals surface area contributed by atoms with Gasteiger partial charge in [-0.15, -0.1) is 0 Å². The molecule has 1 N–H and O–H groups in total. The molecule has 1 aliphatic rings. The van der Waals surface area contributed by atoms with Crippen LogP contribution in [-0.2, 0) is 21.3 Å². The maximum Gasteiger partial charge on any atom is 0.213 e. The molecular formula is C17H27FN2O3S. The lowest BCUT2D eigenvalue weighted by atomic mass is 9.89. The number of ether oxygens (including phenoxy) is 1. The molecule has 7 heteroatoms. The maximum atomic E-state index is 14.2. The summed E-state index contributed by atoms with van der Waals surface area (Å²) >= 11 is 0. The van der Waals surface area contributed by atoms with E-state index in [-0.39, 0.29) is 17.5 Å². The van der Waals surface area contributed by atoms with Crippen molar-refractivity contribution in [3.05, 3.63) is 35.1 Å². The first-order chi connectivity index (χ1) is 11.5. The number of halogens is 1. The largest absolute Gasteiger partial charge is 0.383 e. The van der Waals surface area contributed by atoms with E-state index in [1.54, 1.807) is 20.1 Å². The summed E-state index contributed by atoms with van der Waals surface area (Å²) in [5.74, 6) is -0.00561. The highest BCUT2D eigenvalue weighted by Crippen LogP contribution is 2.31. The summed E-state index contributed by atoms with van der Waals surface area (Å²) in [5.41, 5.74) is 1.74. The van der Waals surface area contributed by atoms with Crippen LogP contribution in [0.15, 0.2) is 18.2 Å². The Kier molecular flexibility index (Phi) is 7.16. The number of nitrogens with one attached hydrogen (secondary N) is 1. The molecule has 1 aromatic rings. The second-order valence-electron chi connectivity index (χ2n) is 6.10. The molecule has 24 heavy (non-hydrogen) atoms. The first kappa shape index (κ1) is 19.3. The first-order valence-corrected chi connectivity index (χ1v) is 10.0. The number of rotatable bonds is 8. The lowest BCUT2D eigenvalue weighted by molar-refractivity contribution is 0.199. The standard InChI is InChI=1S/C17H27FN2O3S/c1-3-24(21,22)20-9-6-15(7-10-20)16-12-14(4-5-17(16)18)13-19-8-11-23-2/h4-5,12,15,19H,3,6-11,13H2,1-2H3. The van der Waals surface area contributed by atoms with E-state index in [2.05, 4.69) is 5.32 Å². The summed E-state index contributed by atoms with van der Waals surface area (Å²) in [7, 11) is -1.49. The Morgan fingerprint density at radius 1 is 1.33 bits per heavy atom. The Morgan fingerprint density at radius 3 is 2.67 bits per heavy atom. The monoisotopic (exact) mass is 358 g/mol. The molecule has 1 aliphatic heterocycles. The highest BCUT2D eigenvalue weighted by molar-refractivity contribution is 7.89. The van der Waals surface area contributed by atoms with Gasteiger partial charge in [0, 0.05) is 33.3 Å². The van der Waals surface area contributed by atoms with Crippen molar-refractivity contribution in [2.75, 3.05) is 39.1 Å². The third kappa shape index (κ3) is 4.99. The minimum absolute atomic E-state index is 0.0761. The molecule has 0 spiro atoms. The molecule has 5 nitrogen and oxygen atoms in total. The molecule has 0 amide bonds. The van der Waals surface area contributed by atoms with Crippen LogP contribution in [0.5, 0.6) is 0 Å². The van der Waals surface area contributed by atoms with Crippen LogP contribution in [0.4, 0.5) is 4.39 Å². The van der Waals surface area contributed by atoms with Crippen molar-refractivity contribution in [2.24, 2.45) is 0 Å². The Balaban J connectivity index is 1.99. The lowest BCUT2D eigenvalue weighted by Crippen LogP contribution is -2.38. The van der Waals surface area contributed by atoms with Crippen molar-refractivity contribution in [2.45, 2.75) is 32.2 Å². The van der Waals surface area contributed by atoms with Gasteiger partial charge in [-0.1, -0.05) is 12.1 Å². The fraction of sp³-hybridized carbons (Fsp3) is 0.647. The smallest absolute Gasteiger partial charge is 0.213 e. The van der Waals surface area contributed by atoms with Gasteiger partial charge in [-0.2, -0.15) is 0 Å². The molecule has 1 saturated heterocycles. The van der Waals surface area contributed by atoms with Gasteiger partial charge < -0.3 is 10.1 Å². The van der Waals surface area contributed by atoms with Gasteiger partial charge in [0.1, 0.15) is 5.82 Å². The zero-order valence-corrected chi connectivity index (χ0v) is 15.2. The fourth-order valence-corrected chi connectivity index (χ4v) is 4.18.